The maximum atomic E-state index is 3.47. The van der Waals surface area contributed by atoms with Gasteiger partial charge in [0.05, 0.1) is 44.1 Å². The predicted molar refractivity (Wildman–Crippen MR) is 480 cm³/mol. The topological polar surface area (TPSA) is 67.8 Å². The van der Waals surface area contributed by atoms with Crippen molar-refractivity contribution in [3.05, 3.63) is 409 Å². The third-order valence-electron chi connectivity index (χ3n) is 21.2. The molecule has 0 spiro atoms. The van der Waals surface area contributed by atoms with Gasteiger partial charge in [-0.2, -0.15) is 0 Å². The van der Waals surface area contributed by atoms with Gasteiger partial charge in [-0.1, -0.05) is 182 Å². The van der Waals surface area contributed by atoms with Crippen LogP contribution in [0.25, 0.3) is 110 Å². The lowest BCUT2D eigenvalue weighted by atomic mass is 10.1. The Bertz CT molecular complexity index is 6250. The van der Waals surface area contributed by atoms with Crippen molar-refractivity contribution in [2.24, 2.45) is 0 Å². The van der Waals surface area contributed by atoms with Crippen LogP contribution < -0.4 is 21.3 Å². The van der Waals surface area contributed by atoms with Gasteiger partial charge in [0.2, 0.25) is 0 Å². The number of hydrogen-bond acceptors (Lipinski definition) is 4. The predicted octanol–water partition coefficient (Wildman–Crippen LogP) is 28.5. The molecule has 8 nitrogen and oxygen atoms in total. The molecule has 0 aliphatic heterocycles. The lowest BCUT2D eigenvalue weighted by Crippen LogP contribution is -1.95. The first-order valence-corrected chi connectivity index (χ1v) is 38.8. The molecule has 20 rings (SSSR count). The standard InChI is InChI=1S/C28H26N2.2C26H22N2.C24H18N2/c1-3-20-10-16-27-25(18-20)26-19-21(4-2)11-17-28(26)30(27)24-14-12-23(13-15-24)29-22-8-6-5-7-9-22;2*1-18-8-14-25-23(16-18)24-17-19(2)9-15-26(24)28(25)22-12-10-21(11-13-22)27-20-6-4-3-5-7-20;1-2-8-18(9-3-1)25-19-14-16-20(17-15-19)26-23-12-6-4-10-21(23)22-11-5-7-13-24(22)26/h5-19,29H,3-4H2,1-2H3;2*3-17,27H,1-2H3;1-17,25H. The Hall–Kier alpha value is -14.1. The summed E-state index contributed by atoms with van der Waals surface area (Å²) in [4.78, 5) is 0. The molecule has 0 saturated heterocycles. The van der Waals surface area contributed by atoms with Gasteiger partial charge in [0.15, 0.2) is 0 Å². The maximum Gasteiger partial charge on any atom is 0.0541 e. The van der Waals surface area contributed by atoms with Crippen LogP contribution in [-0.2, 0) is 12.8 Å². The zero-order valence-corrected chi connectivity index (χ0v) is 64.0. The lowest BCUT2D eigenvalue weighted by Gasteiger charge is -2.11. The van der Waals surface area contributed by atoms with Crippen LogP contribution in [0.4, 0.5) is 45.5 Å². The molecule has 4 heterocycles. The molecule has 0 bridgehead atoms. The van der Waals surface area contributed by atoms with Crippen LogP contribution in [0.1, 0.15) is 47.2 Å². The highest BCUT2D eigenvalue weighted by atomic mass is 15.0. The van der Waals surface area contributed by atoms with Crippen molar-refractivity contribution in [1.29, 1.82) is 0 Å². The number of nitrogens with zero attached hydrogens (tertiary/aromatic N) is 4. The fraction of sp³-hybridized carbons (Fsp3) is 0.0769. The maximum absolute atomic E-state index is 3.47. The van der Waals surface area contributed by atoms with E-state index in [0.29, 0.717) is 0 Å². The van der Waals surface area contributed by atoms with Crippen molar-refractivity contribution < 1.29 is 0 Å². The number of aryl methyl sites for hydroxylation is 6. The molecule has 0 radical (unpaired) electrons. The number of aromatic nitrogens is 4. The molecular formula is C104H88N8. The van der Waals surface area contributed by atoms with Crippen LogP contribution in [0.3, 0.4) is 0 Å². The Morgan fingerprint density at radius 3 is 0.616 bits per heavy atom. The van der Waals surface area contributed by atoms with Crippen molar-refractivity contribution >= 4 is 133 Å². The first-order valence-electron chi connectivity index (χ1n) is 38.8. The number of fused-ring (bicyclic) bond motifs is 12. The first kappa shape index (κ1) is 70.9. The molecule has 4 N–H and O–H groups in total. The normalized spacial score (nSPS) is 11.2. The van der Waals surface area contributed by atoms with Crippen LogP contribution in [0.15, 0.2) is 376 Å². The van der Waals surface area contributed by atoms with E-state index in [1.54, 1.807) is 0 Å². The second kappa shape index (κ2) is 31.6. The summed E-state index contributed by atoms with van der Waals surface area (Å²) in [6.45, 7) is 13.1. The number of para-hydroxylation sites is 6. The number of nitrogens with one attached hydrogen (secondary N) is 4. The van der Waals surface area contributed by atoms with Gasteiger partial charge < -0.3 is 39.5 Å². The van der Waals surface area contributed by atoms with Crippen molar-refractivity contribution in [2.45, 2.75) is 54.4 Å². The fourth-order valence-electron chi connectivity index (χ4n) is 15.6. The number of anilines is 8. The minimum absolute atomic E-state index is 1.05. The Morgan fingerprint density at radius 2 is 0.375 bits per heavy atom. The molecule has 0 saturated carbocycles. The third-order valence-corrected chi connectivity index (χ3v) is 21.2. The van der Waals surface area contributed by atoms with Gasteiger partial charge in [-0.15, -0.1) is 0 Å². The van der Waals surface area contributed by atoms with E-state index in [-0.39, 0.29) is 0 Å². The number of benzene rings is 16. The van der Waals surface area contributed by atoms with Crippen molar-refractivity contribution in [2.75, 3.05) is 21.3 Å². The molecule has 0 aliphatic rings. The Kier molecular flexibility index (Phi) is 20.0. The molecular weight excluding hydrogens is 1360 g/mol. The summed E-state index contributed by atoms with van der Waals surface area (Å²) in [5.41, 5.74) is 31.3. The van der Waals surface area contributed by atoms with Crippen LogP contribution in [-0.4, -0.2) is 18.3 Å². The van der Waals surface area contributed by atoms with Gasteiger partial charge in [0, 0.05) is 111 Å². The van der Waals surface area contributed by atoms with E-state index in [0.717, 1.165) is 58.3 Å². The highest BCUT2D eigenvalue weighted by Gasteiger charge is 2.18. The van der Waals surface area contributed by atoms with E-state index in [2.05, 4.69) is 384 Å². The number of hydrogen-bond donors (Lipinski definition) is 4. The summed E-state index contributed by atoms with van der Waals surface area (Å²) in [6, 6.07) is 133. The molecule has 0 aliphatic carbocycles. The van der Waals surface area contributed by atoms with Crippen LogP contribution in [0.5, 0.6) is 0 Å². The Morgan fingerprint density at radius 1 is 0.179 bits per heavy atom. The molecule has 0 unspecified atom stereocenters. The van der Waals surface area contributed by atoms with Crippen LogP contribution >= 0.6 is 0 Å². The average molecular weight is 1450 g/mol. The molecule has 544 valence electrons. The lowest BCUT2D eigenvalue weighted by molar-refractivity contribution is 1.13. The molecule has 8 heteroatoms. The SMILES string of the molecule is CCc1ccc2c(c1)c1cc(CC)ccc1n2-c1ccc(Nc2ccccc2)cc1.Cc1ccc2c(c1)c1cc(C)ccc1n2-c1ccc(Nc2ccccc2)cc1.Cc1ccc2c(c1)c1cc(C)ccc1n2-c1ccc(Nc2ccccc2)cc1.c1ccc(Nc2ccc(-n3c4ccccc4c4ccccc43)cc2)cc1. The molecule has 112 heavy (non-hydrogen) atoms. The second-order valence-electron chi connectivity index (χ2n) is 29.0. The van der Waals surface area contributed by atoms with Gasteiger partial charge in [-0.25, -0.2) is 0 Å². The third kappa shape index (κ3) is 14.8. The summed E-state index contributed by atoms with van der Waals surface area (Å²) in [5.74, 6) is 0. The van der Waals surface area contributed by atoms with E-state index in [4.69, 9.17) is 0 Å². The van der Waals surface area contributed by atoms with Gasteiger partial charge in [0.1, 0.15) is 0 Å². The molecule has 0 atom stereocenters. The molecule has 0 fully saturated rings. The van der Waals surface area contributed by atoms with Gasteiger partial charge >= 0.3 is 0 Å². The van der Waals surface area contributed by atoms with Crippen molar-refractivity contribution in [3.8, 4) is 22.7 Å². The van der Waals surface area contributed by atoms with E-state index in [1.165, 1.54) is 143 Å². The summed E-state index contributed by atoms with van der Waals surface area (Å²) < 4.78 is 9.43. The van der Waals surface area contributed by atoms with E-state index in [9.17, 15) is 0 Å². The minimum Gasteiger partial charge on any atom is -0.356 e. The first-order chi connectivity index (χ1) is 55.0. The van der Waals surface area contributed by atoms with Crippen LogP contribution in [0, 0.1) is 27.7 Å². The molecule has 16 aromatic carbocycles. The largest absolute Gasteiger partial charge is 0.356 e. The second-order valence-corrected chi connectivity index (χ2v) is 29.0. The average Bonchev–Trinajstić information content (AvgIpc) is 1.62. The zero-order chi connectivity index (χ0) is 76.0. The van der Waals surface area contributed by atoms with Crippen molar-refractivity contribution in [3.63, 3.8) is 0 Å². The van der Waals surface area contributed by atoms with Gasteiger partial charge in [-0.3, -0.25) is 0 Å². The minimum atomic E-state index is 1.05. The Labute approximate surface area is 654 Å². The van der Waals surface area contributed by atoms with E-state index < -0.39 is 0 Å². The summed E-state index contributed by atoms with van der Waals surface area (Å²) >= 11 is 0. The molecule has 4 aromatic heterocycles. The van der Waals surface area contributed by atoms with Gasteiger partial charge in [0.25, 0.3) is 0 Å². The van der Waals surface area contributed by atoms with Crippen LogP contribution in [0.2, 0.25) is 0 Å². The summed E-state index contributed by atoms with van der Waals surface area (Å²) in [6.07, 6.45) is 2.10. The summed E-state index contributed by atoms with van der Waals surface area (Å²) in [5, 5.41) is 24.3. The number of rotatable bonds is 14. The van der Waals surface area contributed by atoms with Gasteiger partial charge in [-0.05, 0) is 282 Å². The van der Waals surface area contributed by atoms with E-state index in [1.807, 2.05) is 72.8 Å². The molecule has 0 amide bonds. The quantitative estimate of drug-likeness (QED) is 0.0876. The fourth-order valence-corrected chi connectivity index (χ4v) is 15.6. The smallest absolute Gasteiger partial charge is 0.0541 e. The zero-order valence-electron chi connectivity index (χ0n) is 64.0. The Balaban J connectivity index is 0.000000108. The highest BCUT2D eigenvalue weighted by Crippen LogP contribution is 2.39. The monoisotopic (exact) mass is 1450 g/mol. The summed E-state index contributed by atoms with van der Waals surface area (Å²) in [7, 11) is 0. The highest BCUT2D eigenvalue weighted by molar-refractivity contribution is 6.13. The molecule has 20 aromatic rings. The van der Waals surface area contributed by atoms with Crippen molar-refractivity contribution in [1.82, 2.24) is 18.3 Å². The van der Waals surface area contributed by atoms with E-state index >= 15 is 0 Å².